The van der Waals surface area contributed by atoms with Gasteiger partial charge >= 0.3 is 0 Å². The molecule has 0 aromatic carbocycles. The molecule has 0 spiro atoms. The third-order valence-electron chi connectivity index (χ3n) is 4.53. The number of fused-ring (bicyclic) bond motifs is 3. The summed E-state index contributed by atoms with van der Waals surface area (Å²) in [6, 6.07) is 2.91. The van der Waals surface area contributed by atoms with Crippen LogP contribution in [0.25, 0.3) is 0 Å². The van der Waals surface area contributed by atoms with Gasteiger partial charge in [-0.3, -0.25) is 0 Å². The number of nitrogens with one attached hydrogen (secondary N) is 1. The number of hydrogen-bond acceptors (Lipinski definition) is 3. The lowest BCUT2D eigenvalue weighted by molar-refractivity contribution is 0.434. The highest BCUT2D eigenvalue weighted by molar-refractivity contribution is 5.54. The van der Waals surface area contributed by atoms with Gasteiger partial charge in [-0.1, -0.05) is 19.8 Å². The van der Waals surface area contributed by atoms with Crippen molar-refractivity contribution >= 4 is 5.82 Å². The molecule has 0 bridgehead atoms. The van der Waals surface area contributed by atoms with Crippen LogP contribution in [-0.4, -0.2) is 30.7 Å². The highest BCUT2D eigenvalue weighted by Crippen LogP contribution is 2.32. The minimum atomic E-state index is 0.666. The normalized spacial score (nSPS) is 21.9. The van der Waals surface area contributed by atoms with Gasteiger partial charge in [0.05, 0.1) is 0 Å². The zero-order valence-electron chi connectivity index (χ0n) is 12.0. The van der Waals surface area contributed by atoms with E-state index >= 15 is 0 Å². The number of unbranched alkanes of at least 4 members (excludes halogenated alkanes) is 2. The Morgan fingerprint density at radius 1 is 1.42 bits per heavy atom. The van der Waals surface area contributed by atoms with Crippen molar-refractivity contribution in [2.24, 2.45) is 0 Å². The van der Waals surface area contributed by atoms with Crippen molar-refractivity contribution in [3.8, 4) is 0 Å². The molecule has 0 unspecified atom stereocenters. The molecule has 0 radical (unpaired) electrons. The Labute approximate surface area is 116 Å². The molecule has 0 aliphatic carbocycles. The van der Waals surface area contributed by atoms with E-state index in [4.69, 9.17) is 4.98 Å². The van der Waals surface area contributed by atoms with Gasteiger partial charge in [0.15, 0.2) is 0 Å². The van der Waals surface area contributed by atoms with E-state index < -0.39 is 0 Å². The van der Waals surface area contributed by atoms with Crippen LogP contribution in [0.4, 0.5) is 5.82 Å². The Kier molecular flexibility index (Phi) is 4.02. The molecule has 1 aromatic rings. The average molecular weight is 259 g/mol. The Morgan fingerprint density at radius 2 is 2.37 bits per heavy atom. The summed E-state index contributed by atoms with van der Waals surface area (Å²) in [4.78, 5) is 7.23. The first kappa shape index (κ1) is 12.9. The van der Waals surface area contributed by atoms with Crippen LogP contribution < -0.4 is 10.2 Å². The molecule has 3 heterocycles. The summed E-state index contributed by atoms with van der Waals surface area (Å²) >= 11 is 0. The Balaban J connectivity index is 1.82. The SMILES string of the molecule is CCCCCc1ccnc2c1CC[C@@H]1CNCCN21. The standard InChI is InChI=1S/C16H25N3/c1-2-3-4-5-13-8-9-18-16-15(13)7-6-14-12-17-10-11-19(14)16/h8-9,14,17H,2-7,10-12H2,1H3/t14-/m1/s1. The molecule has 2 aliphatic heterocycles. The van der Waals surface area contributed by atoms with Crippen molar-refractivity contribution in [2.45, 2.75) is 51.5 Å². The number of hydrogen-bond donors (Lipinski definition) is 1. The maximum Gasteiger partial charge on any atom is 0.132 e. The van der Waals surface area contributed by atoms with E-state index in [9.17, 15) is 0 Å². The van der Waals surface area contributed by atoms with Crippen molar-refractivity contribution in [1.82, 2.24) is 10.3 Å². The van der Waals surface area contributed by atoms with Gasteiger partial charge in [0.2, 0.25) is 0 Å². The van der Waals surface area contributed by atoms with Crippen molar-refractivity contribution < 1.29 is 0 Å². The van der Waals surface area contributed by atoms with Gasteiger partial charge < -0.3 is 10.2 Å². The first-order valence-corrected chi connectivity index (χ1v) is 7.84. The number of piperazine rings is 1. The van der Waals surface area contributed by atoms with Gasteiger partial charge in [0.1, 0.15) is 5.82 Å². The molecule has 1 N–H and O–H groups in total. The second-order valence-corrected chi connectivity index (χ2v) is 5.82. The van der Waals surface area contributed by atoms with E-state index in [1.165, 1.54) is 49.9 Å². The summed E-state index contributed by atoms with van der Waals surface area (Å²) in [6.07, 6.45) is 9.71. The van der Waals surface area contributed by atoms with Gasteiger partial charge in [0.25, 0.3) is 0 Å². The number of rotatable bonds is 4. The fourth-order valence-electron chi connectivity index (χ4n) is 3.45. The van der Waals surface area contributed by atoms with Gasteiger partial charge in [-0.2, -0.15) is 0 Å². The molecular weight excluding hydrogens is 234 g/mol. The van der Waals surface area contributed by atoms with E-state index in [1.54, 1.807) is 5.56 Å². The fourth-order valence-corrected chi connectivity index (χ4v) is 3.45. The zero-order valence-corrected chi connectivity index (χ0v) is 12.0. The zero-order chi connectivity index (χ0) is 13.1. The minimum Gasteiger partial charge on any atom is -0.351 e. The van der Waals surface area contributed by atoms with Crippen LogP contribution in [-0.2, 0) is 12.8 Å². The van der Waals surface area contributed by atoms with E-state index in [0.717, 1.165) is 19.6 Å². The summed E-state index contributed by atoms with van der Waals surface area (Å²) in [5.41, 5.74) is 3.09. The van der Waals surface area contributed by atoms with Crippen LogP contribution >= 0.6 is 0 Å². The second kappa shape index (κ2) is 5.91. The van der Waals surface area contributed by atoms with Gasteiger partial charge in [-0.15, -0.1) is 0 Å². The molecule has 1 aromatic heterocycles. The molecule has 0 amide bonds. The predicted molar refractivity (Wildman–Crippen MR) is 79.8 cm³/mol. The molecule has 1 fully saturated rings. The van der Waals surface area contributed by atoms with E-state index in [1.807, 2.05) is 6.20 Å². The van der Waals surface area contributed by atoms with Crippen molar-refractivity contribution in [3.05, 3.63) is 23.4 Å². The van der Waals surface area contributed by atoms with Crippen LogP contribution in [0.2, 0.25) is 0 Å². The average Bonchev–Trinajstić information content (AvgIpc) is 2.47. The highest BCUT2D eigenvalue weighted by atomic mass is 15.3. The molecule has 3 rings (SSSR count). The number of pyridine rings is 1. The maximum atomic E-state index is 4.69. The molecule has 2 aliphatic rings. The number of anilines is 1. The Hall–Kier alpha value is -1.09. The molecule has 104 valence electrons. The van der Waals surface area contributed by atoms with Gasteiger partial charge in [0, 0.05) is 31.9 Å². The monoisotopic (exact) mass is 259 g/mol. The molecule has 1 saturated heterocycles. The minimum absolute atomic E-state index is 0.666. The highest BCUT2D eigenvalue weighted by Gasteiger charge is 2.30. The van der Waals surface area contributed by atoms with Crippen LogP contribution in [0, 0.1) is 0 Å². The molecule has 19 heavy (non-hydrogen) atoms. The van der Waals surface area contributed by atoms with Crippen LogP contribution in [0.3, 0.4) is 0 Å². The van der Waals surface area contributed by atoms with Crippen molar-refractivity contribution in [3.63, 3.8) is 0 Å². The fraction of sp³-hybridized carbons (Fsp3) is 0.688. The van der Waals surface area contributed by atoms with Gasteiger partial charge in [-0.25, -0.2) is 4.98 Å². The lowest BCUT2D eigenvalue weighted by Gasteiger charge is -2.42. The van der Waals surface area contributed by atoms with Crippen molar-refractivity contribution in [2.75, 3.05) is 24.5 Å². The summed E-state index contributed by atoms with van der Waals surface area (Å²) in [7, 11) is 0. The third kappa shape index (κ3) is 2.62. The summed E-state index contributed by atoms with van der Waals surface area (Å²) in [5.74, 6) is 1.28. The topological polar surface area (TPSA) is 28.2 Å². The lowest BCUT2D eigenvalue weighted by atomic mass is 9.92. The van der Waals surface area contributed by atoms with Gasteiger partial charge in [-0.05, 0) is 42.9 Å². The number of aryl methyl sites for hydroxylation is 1. The smallest absolute Gasteiger partial charge is 0.132 e. The largest absolute Gasteiger partial charge is 0.351 e. The van der Waals surface area contributed by atoms with Crippen LogP contribution in [0.15, 0.2) is 12.3 Å². The third-order valence-corrected chi connectivity index (χ3v) is 4.53. The molecule has 3 nitrogen and oxygen atoms in total. The molecule has 0 saturated carbocycles. The van der Waals surface area contributed by atoms with Crippen LogP contribution in [0.1, 0.15) is 43.7 Å². The Morgan fingerprint density at radius 3 is 3.26 bits per heavy atom. The maximum absolute atomic E-state index is 4.69. The Bertz CT molecular complexity index is 430. The first-order chi connectivity index (χ1) is 9.40. The van der Waals surface area contributed by atoms with E-state index in [-0.39, 0.29) is 0 Å². The summed E-state index contributed by atoms with van der Waals surface area (Å²) < 4.78 is 0. The molecular formula is C16H25N3. The predicted octanol–water partition coefficient (Wildman–Crippen LogP) is 2.54. The second-order valence-electron chi connectivity index (χ2n) is 5.82. The summed E-state index contributed by atoms with van der Waals surface area (Å²) in [5, 5.41) is 3.50. The first-order valence-electron chi connectivity index (χ1n) is 7.84. The van der Waals surface area contributed by atoms with E-state index in [2.05, 4.69) is 23.2 Å². The lowest BCUT2D eigenvalue weighted by Crippen LogP contribution is -2.53. The van der Waals surface area contributed by atoms with Crippen LogP contribution in [0.5, 0.6) is 0 Å². The molecule has 3 heteroatoms. The van der Waals surface area contributed by atoms with Crippen molar-refractivity contribution in [1.29, 1.82) is 0 Å². The van der Waals surface area contributed by atoms with E-state index in [0.29, 0.717) is 6.04 Å². The summed E-state index contributed by atoms with van der Waals surface area (Å²) in [6.45, 7) is 5.61. The number of nitrogens with zero attached hydrogens (tertiary/aromatic N) is 2. The quantitative estimate of drug-likeness (QED) is 0.842. The number of aromatic nitrogens is 1. The molecule has 1 atom stereocenters.